The van der Waals surface area contributed by atoms with Gasteiger partial charge >= 0.3 is 23.8 Å². The van der Waals surface area contributed by atoms with Crippen molar-refractivity contribution in [1.82, 2.24) is 15.7 Å². The number of nitrogens with zero attached hydrogens (tertiary/aromatic N) is 2. The number of cyclic esters (lactones) is 1. The molecule has 15 heteroatoms. The molecule has 238 valence electrons. The predicted octanol–water partition coefficient (Wildman–Crippen LogP) is 2.45. The van der Waals surface area contributed by atoms with Crippen molar-refractivity contribution < 1.29 is 47.9 Å². The topological polar surface area (TPSA) is 193 Å². The molecule has 0 aliphatic carbocycles. The van der Waals surface area contributed by atoms with Gasteiger partial charge in [-0.15, -0.1) is 0 Å². The second kappa shape index (κ2) is 13.9. The minimum Gasteiger partial charge on any atom is -0.448 e. The molecular weight excluding hydrogens is 604 g/mol. The number of nitro groups is 1. The number of carbonyl (C=O) groups excluding carboxylic acids is 5. The Hall–Kier alpha value is -5.83. The summed E-state index contributed by atoms with van der Waals surface area (Å²) in [6.07, 6.45) is -2.28. The fraction of sp³-hybridized carbons (Fsp3) is 0.258. The summed E-state index contributed by atoms with van der Waals surface area (Å²) in [4.78, 5) is 79.7. The van der Waals surface area contributed by atoms with E-state index in [1.54, 1.807) is 60.7 Å². The summed E-state index contributed by atoms with van der Waals surface area (Å²) in [6, 6.07) is 21.9. The van der Waals surface area contributed by atoms with Crippen LogP contribution in [-0.2, 0) is 44.8 Å². The van der Waals surface area contributed by atoms with Gasteiger partial charge in [0.2, 0.25) is 5.91 Å². The highest BCUT2D eigenvalue weighted by Gasteiger charge is 2.60. The van der Waals surface area contributed by atoms with Gasteiger partial charge in [0, 0.05) is 18.6 Å². The molecule has 0 saturated carbocycles. The normalized spacial score (nSPS) is 19.0. The number of hydrogen-bond acceptors (Lipinski definition) is 11. The average molecular weight is 633 g/mol. The first-order chi connectivity index (χ1) is 22.2. The van der Waals surface area contributed by atoms with Gasteiger partial charge in [-0.3, -0.25) is 29.3 Å². The highest BCUT2D eigenvalue weighted by Crippen LogP contribution is 2.37. The molecule has 0 aromatic heterocycles. The Kier molecular flexibility index (Phi) is 9.52. The number of ether oxygens (including phenoxy) is 3. The Bertz CT molecular complexity index is 1580. The first-order valence-corrected chi connectivity index (χ1v) is 14.1. The molecule has 2 aliphatic rings. The van der Waals surface area contributed by atoms with Crippen LogP contribution in [0.2, 0.25) is 0 Å². The predicted molar refractivity (Wildman–Crippen MR) is 155 cm³/mol. The summed E-state index contributed by atoms with van der Waals surface area (Å²) in [5, 5.41) is 16.0. The second-order valence-electron chi connectivity index (χ2n) is 10.3. The molecule has 5 rings (SSSR count). The van der Waals surface area contributed by atoms with Crippen LogP contribution in [0.3, 0.4) is 0 Å². The van der Waals surface area contributed by atoms with Crippen LogP contribution in [0, 0.1) is 10.1 Å². The van der Waals surface area contributed by atoms with Crippen molar-refractivity contribution in [2.45, 2.75) is 37.3 Å². The third kappa shape index (κ3) is 7.10. The molecule has 2 saturated heterocycles. The SMILES string of the molecule is O=C(CNC(=O)OCc1ccc([N+](=O)[O-])cc1)N[C@H]1CON(C2(C(=O)OC(c3ccccc3)c3ccccc3)CCC(=O)O2)C1=O. The molecule has 0 radical (unpaired) electrons. The molecule has 0 bridgehead atoms. The number of rotatable bonds is 11. The van der Waals surface area contributed by atoms with Gasteiger partial charge in [0.1, 0.15) is 25.8 Å². The molecule has 0 spiro atoms. The van der Waals surface area contributed by atoms with Crippen molar-refractivity contribution in [2.24, 2.45) is 0 Å². The highest BCUT2D eigenvalue weighted by atomic mass is 16.8. The number of nitro benzene ring substituents is 1. The van der Waals surface area contributed by atoms with Crippen LogP contribution in [0.25, 0.3) is 0 Å². The minimum absolute atomic E-state index is 0.119. The highest BCUT2D eigenvalue weighted by molar-refractivity contribution is 5.95. The van der Waals surface area contributed by atoms with E-state index in [-0.39, 0.29) is 31.7 Å². The van der Waals surface area contributed by atoms with E-state index >= 15 is 0 Å². The molecule has 15 nitrogen and oxygen atoms in total. The van der Waals surface area contributed by atoms with Crippen LogP contribution in [0.15, 0.2) is 84.9 Å². The van der Waals surface area contributed by atoms with Gasteiger partial charge in [0.05, 0.1) is 11.3 Å². The van der Waals surface area contributed by atoms with Gasteiger partial charge in [-0.05, 0) is 28.8 Å². The maximum atomic E-state index is 13.8. The standard InChI is InChI=1S/C31H28N4O11/c36-25(17-32-30(40)43-18-20-11-13-23(14-12-20)35(41)42)33-24-19-44-34(28(24)38)31(16-15-26(37)46-31)29(39)45-27(21-7-3-1-4-8-21)22-9-5-2-6-10-22/h1-14,24,27H,15-19H2,(H,32,40)(H,33,36)/t24-,31?/m0/s1. The Morgan fingerprint density at radius 2 is 1.61 bits per heavy atom. The Balaban J connectivity index is 1.19. The number of hydrogen-bond donors (Lipinski definition) is 2. The molecule has 3 aromatic rings. The van der Waals surface area contributed by atoms with Crippen molar-refractivity contribution >= 4 is 35.5 Å². The molecule has 2 atom stereocenters. The van der Waals surface area contributed by atoms with E-state index in [4.69, 9.17) is 19.0 Å². The smallest absolute Gasteiger partial charge is 0.407 e. The van der Waals surface area contributed by atoms with E-state index in [0.717, 1.165) is 0 Å². The summed E-state index contributed by atoms with van der Waals surface area (Å²) in [6.45, 7) is -1.16. The second-order valence-corrected chi connectivity index (χ2v) is 10.3. The fourth-order valence-electron chi connectivity index (χ4n) is 4.84. The van der Waals surface area contributed by atoms with Crippen molar-refractivity contribution in [3.63, 3.8) is 0 Å². The Labute approximate surface area is 261 Å². The molecule has 3 aromatic carbocycles. The summed E-state index contributed by atoms with van der Waals surface area (Å²) in [7, 11) is 0. The fourth-order valence-corrected chi connectivity index (χ4v) is 4.84. The van der Waals surface area contributed by atoms with Crippen LogP contribution in [0.1, 0.15) is 35.6 Å². The zero-order valence-electron chi connectivity index (χ0n) is 24.2. The van der Waals surface area contributed by atoms with Gasteiger partial charge in [-0.1, -0.05) is 60.7 Å². The van der Waals surface area contributed by atoms with Gasteiger partial charge < -0.3 is 24.8 Å². The molecule has 3 amide bonds. The first kappa shape index (κ1) is 31.6. The quantitative estimate of drug-likeness (QED) is 0.137. The number of esters is 2. The van der Waals surface area contributed by atoms with Gasteiger partial charge in [0.25, 0.3) is 11.6 Å². The number of hydroxylamine groups is 2. The summed E-state index contributed by atoms with van der Waals surface area (Å²) in [5.41, 5.74) is -0.586. The number of non-ortho nitro benzene ring substituents is 1. The molecule has 2 fully saturated rings. The molecule has 2 heterocycles. The van der Waals surface area contributed by atoms with Crippen LogP contribution < -0.4 is 10.6 Å². The maximum absolute atomic E-state index is 13.8. The molecule has 2 N–H and O–H groups in total. The van der Waals surface area contributed by atoms with Crippen molar-refractivity contribution in [2.75, 3.05) is 13.2 Å². The van der Waals surface area contributed by atoms with E-state index in [1.165, 1.54) is 24.3 Å². The monoisotopic (exact) mass is 632 g/mol. The average Bonchev–Trinajstić information content (AvgIpc) is 3.64. The molecule has 2 aliphatic heterocycles. The number of carbonyl (C=O) groups is 5. The van der Waals surface area contributed by atoms with E-state index in [0.29, 0.717) is 21.8 Å². The third-order valence-corrected chi connectivity index (χ3v) is 7.14. The number of alkyl carbamates (subject to hydrolysis) is 1. The lowest BCUT2D eigenvalue weighted by atomic mass is 10.0. The van der Waals surface area contributed by atoms with E-state index in [2.05, 4.69) is 10.6 Å². The zero-order chi connectivity index (χ0) is 32.7. The van der Waals surface area contributed by atoms with Crippen LogP contribution >= 0.6 is 0 Å². The van der Waals surface area contributed by atoms with E-state index < -0.39 is 59.2 Å². The number of benzene rings is 3. The Morgan fingerprint density at radius 3 is 2.17 bits per heavy atom. The van der Waals surface area contributed by atoms with Crippen LogP contribution in [-0.4, -0.2) is 64.8 Å². The third-order valence-electron chi connectivity index (χ3n) is 7.14. The van der Waals surface area contributed by atoms with Gasteiger partial charge in [0.15, 0.2) is 6.10 Å². The summed E-state index contributed by atoms with van der Waals surface area (Å²) < 4.78 is 16.3. The van der Waals surface area contributed by atoms with Crippen LogP contribution in [0.5, 0.6) is 0 Å². The molecule has 46 heavy (non-hydrogen) atoms. The van der Waals surface area contributed by atoms with Crippen LogP contribution in [0.4, 0.5) is 10.5 Å². The molecule has 1 unspecified atom stereocenters. The number of amides is 3. The summed E-state index contributed by atoms with van der Waals surface area (Å²) in [5.74, 6) is -3.41. The maximum Gasteiger partial charge on any atom is 0.407 e. The van der Waals surface area contributed by atoms with Crippen molar-refractivity contribution in [1.29, 1.82) is 0 Å². The van der Waals surface area contributed by atoms with Crippen molar-refractivity contribution in [3.8, 4) is 0 Å². The lowest BCUT2D eigenvalue weighted by Gasteiger charge is -2.34. The minimum atomic E-state index is -2.23. The van der Waals surface area contributed by atoms with E-state index in [1.807, 2.05) is 0 Å². The lowest BCUT2D eigenvalue weighted by molar-refractivity contribution is -0.384. The number of nitrogens with one attached hydrogen (secondary N) is 2. The van der Waals surface area contributed by atoms with Gasteiger partial charge in [-0.25, -0.2) is 9.59 Å². The van der Waals surface area contributed by atoms with Gasteiger partial charge in [-0.2, -0.15) is 5.06 Å². The van der Waals surface area contributed by atoms with E-state index in [9.17, 15) is 34.1 Å². The largest absolute Gasteiger partial charge is 0.448 e. The zero-order valence-corrected chi connectivity index (χ0v) is 24.2. The van der Waals surface area contributed by atoms with Crippen molar-refractivity contribution in [3.05, 3.63) is 112 Å². The Morgan fingerprint density at radius 1 is 0.978 bits per heavy atom. The molecular formula is C31H28N4O11. The summed E-state index contributed by atoms with van der Waals surface area (Å²) >= 11 is 0. The first-order valence-electron chi connectivity index (χ1n) is 14.1. The lowest BCUT2D eigenvalue weighted by Crippen LogP contribution is -2.57.